The molecule has 1 aliphatic heterocycles. The number of carbonyl (C=O) groups excluding carboxylic acids is 2. The molecule has 34 heavy (non-hydrogen) atoms. The van der Waals surface area contributed by atoms with Crippen LogP contribution < -0.4 is 4.74 Å². The van der Waals surface area contributed by atoms with Crippen molar-refractivity contribution in [2.75, 3.05) is 7.11 Å². The van der Waals surface area contributed by atoms with Gasteiger partial charge in [0.25, 0.3) is 11.7 Å². The highest BCUT2D eigenvalue weighted by Gasteiger charge is 2.46. The van der Waals surface area contributed by atoms with Crippen molar-refractivity contribution in [3.05, 3.63) is 99.8 Å². The number of pyridine rings is 1. The Morgan fingerprint density at radius 2 is 1.85 bits per heavy atom. The third kappa shape index (κ3) is 4.41. The second kappa shape index (κ2) is 9.69. The molecule has 6 nitrogen and oxygen atoms in total. The molecule has 1 saturated heterocycles. The molecule has 7 heteroatoms. The topological polar surface area (TPSA) is 79.7 Å². The van der Waals surface area contributed by atoms with Crippen LogP contribution in [0, 0.1) is 0 Å². The minimum Gasteiger partial charge on any atom is -0.507 e. The van der Waals surface area contributed by atoms with Crippen LogP contribution in [-0.2, 0) is 16.1 Å². The summed E-state index contributed by atoms with van der Waals surface area (Å²) >= 11 is 6.08. The van der Waals surface area contributed by atoms with Crippen LogP contribution >= 0.6 is 11.6 Å². The van der Waals surface area contributed by atoms with Crippen LogP contribution in [0.3, 0.4) is 0 Å². The molecule has 1 aromatic heterocycles. The number of nitrogens with zero attached hydrogens (tertiary/aromatic N) is 2. The molecule has 0 saturated carbocycles. The summed E-state index contributed by atoms with van der Waals surface area (Å²) in [7, 11) is 1.59. The molecule has 1 N–H and O–H groups in total. The van der Waals surface area contributed by atoms with Crippen molar-refractivity contribution in [1.82, 2.24) is 9.88 Å². The van der Waals surface area contributed by atoms with Gasteiger partial charge >= 0.3 is 0 Å². The second-order valence-corrected chi connectivity index (χ2v) is 8.85. The van der Waals surface area contributed by atoms with E-state index in [1.165, 1.54) is 4.90 Å². The number of halogens is 1. The molecule has 2 heterocycles. The third-order valence-corrected chi connectivity index (χ3v) is 6.16. The summed E-state index contributed by atoms with van der Waals surface area (Å²) < 4.78 is 5.44. The maximum Gasteiger partial charge on any atom is 0.296 e. The number of ether oxygens (including phenoxy) is 1. The minimum absolute atomic E-state index is 0.0307. The number of ketones is 1. The summed E-state index contributed by atoms with van der Waals surface area (Å²) in [6.45, 7) is 4.15. The van der Waals surface area contributed by atoms with Crippen molar-refractivity contribution < 1.29 is 19.4 Å². The molecular formula is C27H25ClN2O4. The van der Waals surface area contributed by atoms with Crippen LogP contribution in [-0.4, -0.2) is 33.8 Å². The zero-order valence-electron chi connectivity index (χ0n) is 19.2. The summed E-state index contributed by atoms with van der Waals surface area (Å²) in [4.78, 5) is 32.1. The van der Waals surface area contributed by atoms with E-state index in [0.717, 1.165) is 5.56 Å². The van der Waals surface area contributed by atoms with Gasteiger partial charge in [0, 0.05) is 16.8 Å². The molecule has 1 aliphatic rings. The third-order valence-electron chi connectivity index (χ3n) is 5.91. The van der Waals surface area contributed by atoms with Crippen molar-refractivity contribution >= 4 is 29.1 Å². The Hall–Kier alpha value is -3.64. The summed E-state index contributed by atoms with van der Waals surface area (Å²) in [6, 6.07) is 16.7. The lowest BCUT2D eigenvalue weighted by Gasteiger charge is -2.25. The van der Waals surface area contributed by atoms with Crippen molar-refractivity contribution in [3.8, 4) is 5.75 Å². The van der Waals surface area contributed by atoms with Gasteiger partial charge in [-0.3, -0.25) is 14.6 Å². The Morgan fingerprint density at radius 1 is 1.12 bits per heavy atom. The van der Waals surface area contributed by atoms with Gasteiger partial charge in [-0.25, -0.2) is 0 Å². The molecule has 1 atom stereocenters. The largest absolute Gasteiger partial charge is 0.507 e. The van der Waals surface area contributed by atoms with E-state index in [9.17, 15) is 14.7 Å². The van der Waals surface area contributed by atoms with E-state index in [1.54, 1.807) is 67.9 Å². The van der Waals surface area contributed by atoms with E-state index < -0.39 is 17.7 Å². The van der Waals surface area contributed by atoms with E-state index in [2.05, 4.69) is 4.98 Å². The molecule has 2 aromatic carbocycles. The standard InChI is InChI=1S/C27H25ClN2O4/c1-16(2)21-14-18(9-12-22(21)34-3)25(31)23-24(17-7-10-19(28)11-8-17)30(27(33)26(23)32)15-20-6-4-5-13-29-20/h4-14,16,24,31H,15H2,1-3H3/b25-23-. The normalized spacial score (nSPS) is 17.4. The summed E-state index contributed by atoms with van der Waals surface area (Å²) in [6.07, 6.45) is 1.63. The summed E-state index contributed by atoms with van der Waals surface area (Å²) in [5.74, 6) is -0.843. The first kappa shape index (κ1) is 23.5. The molecule has 0 bridgehead atoms. The average molecular weight is 477 g/mol. The van der Waals surface area contributed by atoms with E-state index in [0.29, 0.717) is 27.6 Å². The van der Waals surface area contributed by atoms with Gasteiger partial charge in [0.1, 0.15) is 11.5 Å². The lowest BCUT2D eigenvalue weighted by Crippen LogP contribution is -2.29. The average Bonchev–Trinajstić information content (AvgIpc) is 3.09. The fraction of sp³-hybridized carbons (Fsp3) is 0.222. The van der Waals surface area contributed by atoms with Crippen LogP contribution in [0.4, 0.5) is 0 Å². The maximum atomic E-state index is 13.2. The number of likely N-dealkylation sites (tertiary alicyclic amines) is 1. The summed E-state index contributed by atoms with van der Waals surface area (Å²) in [5.41, 5.74) is 2.66. The fourth-order valence-electron chi connectivity index (χ4n) is 4.19. The molecule has 174 valence electrons. The Balaban J connectivity index is 1.87. The van der Waals surface area contributed by atoms with Gasteiger partial charge in [0.05, 0.1) is 31.0 Å². The summed E-state index contributed by atoms with van der Waals surface area (Å²) in [5, 5.41) is 11.9. The highest BCUT2D eigenvalue weighted by molar-refractivity contribution is 6.46. The lowest BCUT2D eigenvalue weighted by atomic mass is 9.93. The predicted octanol–water partition coefficient (Wildman–Crippen LogP) is 5.49. The Morgan fingerprint density at radius 3 is 2.47 bits per heavy atom. The highest BCUT2D eigenvalue weighted by Crippen LogP contribution is 2.41. The zero-order chi connectivity index (χ0) is 24.4. The van der Waals surface area contributed by atoms with Gasteiger partial charge in [-0.15, -0.1) is 0 Å². The van der Waals surface area contributed by atoms with Crippen molar-refractivity contribution in [2.45, 2.75) is 32.4 Å². The van der Waals surface area contributed by atoms with Gasteiger partial charge in [0.15, 0.2) is 0 Å². The maximum absolute atomic E-state index is 13.2. The van der Waals surface area contributed by atoms with Crippen LogP contribution in [0.5, 0.6) is 5.75 Å². The molecular weight excluding hydrogens is 452 g/mol. The number of carbonyl (C=O) groups is 2. The van der Waals surface area contributed by atoms with Gasteiger partial charge < -0.3 is 14.7 Å². The Kier molecular flexibility index (Phi) is 6.70. The van der Waals surface area contributed by atoms with Crippen LogP contribution in [0.25, 0.3) is 5.76 Å². The van der Waals surface area contributed by atoms with Crippen molar-refractivity contribution in [3.63, 3.8) is 0 Å². The molecule has 0 spiro atoms. The number of hydrogen-bond acceptors (Lipinski definition) is 5. The number of rotatable bonds is 6. The number of methoxy groups -OCH3 is 1. The van der Waals surface area contributed by atoms with Crippen LogP contribution in [0.15, 0.2) is 72.4 Å². The number of amides is 1. The van der Waals surface area contributed by atoms with Crippen molar-refractivity contribution in [1.29, 1.82) is 0 Å². The van der Waals surface area contributed by atoms with Crippen LogP contribution in [0.1, 0.15) is 48.2 Å². The Bertz CT molecular complexity index is 1250. The van der Waals surface area contributed by atoms with Gasteiger partial charge in [0.2, 0.25) is 0 Å². The molecule has 1 amide bonds. The minimum atomic E-state index is -0.788. The van der Waals surface area contributed by atoms with Gasteiger partial charge in [-0.05, 0) is 59.5 Å². The number of hydrogen-bond donors (Lipinski definition) is 1. The van der Waals surface area contributed by atoms with E-state index >= 15 is 0 Å². The number of Topliss-reactive ketones (excluding diaryl/α,β-unsaturated/α-hetero) is 1. The first-order chi connectivity index (χ1) is 16.3. The number of aliphatic hydroxyl groups excluding tert-OH is 1. The Labute approximate surface area is 203 Å². The van der Waals surface area contributed by atoms with Gasteiger partial charge in [-0.1, -0.05) is 43.6 Å². The van der Waals surface area contributed by atoms with Crippen molar-refractivity contribution in [2.24, 2.45) is 0 Å². The first-order valence-corrected chi connectivity index (χ1v) is 11.3. The fourth-order valence-corrected chi connectivity index (χ4v) is 4.32. The number of benzene rings is 2. The highest BCUT2D eigenvalue weighted by atomic mass is 35.5. The molecule has 0 aliphatic carbocycles. The number of aromatic nitrogens is 1. The smallest absolute Gasteiger partial charge is 0.296 e. The molecule has 1 unspecified atom stereocenters. The van der Waals surface area contributed by atoms with Gasteiger partial charge in [-0.2, -0.15) is 0 Å². The molecule has 0 radical (unpaired) electrons. The van der Waals surface area contributed by atoms with E-state index in [1.807, 2.05) is 19.9 Å². The second-order valence-electron chi connectivity index (χ2n) is 8.41. The first-order valence-electron chi connectivity index (χ1n) is 10.9. The van der Waals surface area contributed by atoms with E-state index in [4.69, 9.17) is 16.3 Å². The van der Waals surface area contributed by atoms with E-state index in [-0.39, 0.29) is 23.8 Å². The molecule has 3 aromatic rings. The molecule has 4 rings (SSSR count). The SMILES string of the molecule is COc1ccc(/C(O)=C2/C(=O)C(=O)N(Cc3ccccn3)C2c2ccc(Cl)cc2)cc1C(C)C. The lowest BCUT2D eigenvalue weighted by molar-refractivity contribution is -0.140. The quantitative estimate of drug-likeness (QED) is 0.289. The van der Waals surface area contributed by atoms with Crippen LogP contribution in [0.2, 0.25) is 5.02 Å². The number of aliphatic hydroxyl groups is 1. The zero-order valence-corrected chi connectivity index (χ0v) is 19.9. The molecule has 1 fully saturated rings. The predicted molar refractivity (Wildman–Crippen MR) is 131 cm³/mol. The monoisotopic (exact) mass is 476 g/mol.